The monoisotopic (exact) mass is 353 g/mol. The molecule has 1 aliphatic carbocycles. The highest BCUT2D eigenvalue weighted by Crippen LogP contribution is 2.32. The Morgan fingerprint density at radius 1 is 1.27 bits per heavy atom. The molecule has 2 aromatic rings. The molecule has 1 fully saturated rings. The van der Waals surface area contributed by atoms with E-state index in [4.69, 9.17) is 0 Å². The van der Waals surface area contributed by atoms with Gasteiger partial charge in [-0.25, -0.2) is 4.39 Å². The fourth-order valence-electron chi connectivity index (χ4n) is 4.01. The highest BCUT2D eigenvalue weighted by atomic mass is 19.1. The molecule has 136 valence electrons. The normalized spacial score (nSPS) is 16.1. The predicted octanol–water partition coefficient (Wildman–Crippen LogP) is 4.74. The van der Waals surface area contributed by atoms with Gasteiger partial charge < -0.3 is 9.88 Å². The Kier molecular flexibility index (Phi) is 5.41. The number of amides is 1. The van der Waals surface area contributed by atoms with E-state index < -0.39 is 11.9 Å². The van der Waals surface area contributed by atoms with E-state index in [0.29, 0.717) is 11.6 Å². The fraction of sp³-hybridized carbons (Fsp3) is 0.429. The summed E-state index contributed by atoms with van der Waals surface area (Å²) < 4.78 is 16.2. The van der Waals surface area contributed by atoms with Gasteiger partial charge in [0.25, 0.3) is 5.91 Å². The number of rotatable bonds is 4. The Morgan fingerprint density at radius 3 is 2.62 bits per heavy atom. The molecule has 4 nitrogen and oxygen atoms in total. The number of benzene rings is 1. The Balaban J connectivity index is 1.84. The molecule has 0 radical (unpaired) electrons. The van der Waals surface area contributed by atoms with Crippen LogP contribution in [-0.4, -0.2) is 10.5 Å². The quantitative estimate of drug-likeness (QED) is 0.863. The summed E-state index contributed by atoms with van der Waals surface area (Å²) in [6.45, 7) is 3.96. The molecule has 1 saturated carbocycles. The summed E-state index contributed by atoms with van der Waals surface area (Å²) in [6, 6.07) is 9.31. The summed E-state index contributed by atoms with van der Waals surface area (Å²) in [4.78, 5) is 12.8. The van der Waals surface area contributed by atoms with E-state index in [2.05, 4.69) is 9.88 Å². The Morgan fingerprint density at radius 2 is 1.96 bits per heavy atom. The smallest absolute Gasteiger partial charge is 0.254 e. The molecule has 0 bridgehead atoms. The van der Waals surface area contributed by atoms with Crippen LogP contribution in [0.2, 0.25) is 0 Å². The summed E-state index contributed by atoms with van der Waals surface area (Å²) in [6.07, 6.45) is 5.97. The van der Waals surface area contributed by atoms with Crippen molar-refractivity contribution in [1.29, 1.82) is 5.26 Å². The second kappa shape index (κ2) is 7.74. The minimum Gasteiger partial charge on any atom is -0.345 e. The number of aromatic nitrogens is 1. The van der Waals surface area contributed by atoms with Gasteiger partial charge in [-0.1, -0.05) is 37.5 Å². The van der Waals surface area contributed by atoms with Gasteiger partial charge in [0.15, 0.2) is 0 Å². The van der Waals surface area contributed by atoms with Crippen LogP contribution in [0.15, 0.2) is 30.3 Å². The van der Waals surface area contributed by atoms with Crippen LogP contribution in [0.4, 0.5) is 4.39 Å². The van der Waals surface area contributed by atoms with E-state index in [-0.39, 0.29) is 11.5 Å². The minimum atomic E-state index is -1.01. The van der Waals surface area contributed by atoms with Crippen LogP contribution in [-0.2, 0) is 0 Å². The van der Waals surface area contributed by atoms with Gasteiger partial charge in [-0.3, -0.25) is 4.79 Å². The Hall–Kier alpha value is -2.61. The third kappa shape index (κ3) is 3.50. The summed E-state index contributed by atoms with van der Waals surface area (Å²) in [7, 11) is 0. The van der Waals surface area contributed by atoms with Crippen molar-refractivity contribution in [2.45, 2.75) is 58.0 Å². The van der Waals surface area contributed by atoms with E-state index in [9.17, 15) is 14.4 Å². The number of nitrogens with one attached hydrogen (secondary N) is 1. The zero-order valence-corrected chi connectivity index (χ0v) is 15.3. The number of hydrogen-bond donors (Lipinski definition) is 1. The van der Waals surface area contributed by atoms with Gasteiger partial charge in [0.1, 0.15) is 11.9 Å². The van der Waals surface area contributed by atoms with Crippen molar-refractivity contribution in [3.63, 3.8) is 0 Å². The average Bonchev–Trinajstić information content (AvgIpc) is 2.95. The Bertz CT molecular complexity index is 843. The van der Waals surface area contributed by atoms with Gasteiger partial charge in [-0.05, 0) is 38.8 Å². The average molecular weight is 353 g/mol. The highest BCUT2D eigenvalue weighted by molar-refractivity contribution is 5.96. The number of carbonyl (C=O) groups is 1. The van der Waals surface area contributed by atoms with Crippen LogP contribution < -0.4 is 5.32 Å². The van der Waals surface area contributed by atoms with Crippen molar-refractivity contribution < 1.29 is 9.18 Å². The van der Waals surface area contributed by atoms with Crippen LogP contribution in [0.5, 0.6) is 0 Å². The maximum atomic E-state index is 14.0. The zero-order chi connectivity index (χ0) is 18.7. The van der Waals surface area contributed by atoms with Gasteiger partial charge in [0.2, 0.25) is 0 Å². The summed E-state index contributed by atoms with van der Waals surface area (Å²) >= 11 is 0. The number of nitriles is 1. The molecule has 1 N–H and O–H groups in total. The van der Waals surface area contributed by atoms with E-state index in [0.717, 1.165) is 24.2 Å². The fourth-order valence-corrected chi connectivity index (χ4v) is 4.01. The molecule has 1 heterocycles. The molecule has 1 amide bonds. The van der Waals surface area contributed by atoms with Gasteiger partial charge in [0.05, 0.1) is 11.6 Å². The third-order valence-electron chi connectivity index (χ3n) is 5.29. The zero-order valence-electron chi connectivity index (χ0n) is 15.3. The lowest BCUT2D eigenvalue weighted by Crippen LogP contribution is -2.28. The Labute approximate surface area is 153 Å². The van der Waals surface area contributed by atoms with Crippen LogP contribution in [0, 0.1) is 31.0 Å². The maximum Gasteiger partial charge on any atom is 0.254 e. The number of aryl methyl sites for hydroxylation is 1. The maximum absolute atomic E-state index is 14.0. The number of hydrogen-bond acceptors (Lipinski definition) is 2. The molecule has 1 aromatic carbocycles. The van der Waals surface area contributed by atoms with Crippen LogP contribution in [0.3, 0.4) is 0 Å². The van der Waals surface area contributed by atoms with Gasteiger partial charge >= 0.3 is 0 Å². The lowest BCUT2D eigenvalue weighted by atomic mass is 9.95. The SMILES string of the molecule is Cc1cc(C(=O)NC(C#N)c2ccccc2F)c(C)n1C1CCCCC1. The van der Waals surface area contributed by atoms with Crippen molar-refractivity contribution in [3.8, 4) is 6.07 Å². The molecular weight excluding hydrogens is 329 g/mol. The molecule has 0 saturated heterocycles. The summed E-state index contributed by atoms with van der Waals surface area (Å²) in [5.74, 6) is -0.831. The molecule has 3 rings (SSSR count). The van der Waals surface area contributed by atoms with E-state index in [1.54, 1.807) is 12.1 Å². The van der Waals surface area contributed by atoms with Crippen molar-refractivity contribution in [3.05, 3.63) is 58.7 Å². The minimum absolute atomic E-state index is 0.185. The van der Waals surface area contributed by atoms with E-state index in [1.807, 2.05) is 26.0 Å². The first kappa shape index (κ1) is 18.2. The van der Waals surface area contributed by atoms with Crippen molar-refractivity contribution >= 4 is 5.91 Å². The number of halogens is 1. The predicted molar refractivity (Wildman–Crippen MR) is 98.2 cm³/mol. The largest absolute Gasteiger partial charge is 0.345 e. The van der Waals surface area contributed by atoms with Gasteiger partial charge in [-0.15, -0.1) is 0 Å². The second-order valence-corrected chi connectivity index (χ2v) is 7.00. The summed E-state index contributed by atoms with van der Waals surface area (Å²) in [5, 5.41) is 12.1. The van der Waals surface area contributed by atoms with Crippen LogP contribution in [0.25, 0.3) is 0 Å². The molecule has 1 aliphatic rings. The first-order valence-corrected chi connectivity index (χ1v) is 9.16. The lowest BCUT2D eigenvalue weighted by molar-refractivity contribution is 0.0944. The lowest BCUT2D eigenvalue weighted by Gasteiger charge is -2.26. The molecule has 0 spiro atoms. The first-order chi connectivity index (χ1) is 12.5. The van der Waals surface area contributed by atoms with Crippen molar-refractivity contribution in [1.82, 2.24) is 9.88 Å². The van der Waals surface area contributed by atoms with Gasteiger partial charge in [-0.2, -0.15) is 5.26 Å². The molecule has 0 aliphatic heterocycles. The number of nitrogens with zero attached hydrogens (tertiary/aromatic N) is 2. The van der Waals surface area contributed by atoms with E-state index in [1.165, 1.54) is 31.4 Å². The number of carbonyl (C=O) groups excluding carboxylic acids is 1. The molecular formula is C21H24FN3O. The third-order valence-corrected chi connectivity index (χ3v) is 5.29. The molecule has 1 atom stereocenters. The van der Waals surface area contributed by atoms with Crippen LogP contribution in [0.1, 0.15) is 71.5 Å². The molecule has 5 heteroatoms. The van der Waals surface area contributed by atoms with E-state index >= 15 is 0 Å². The standard InChI is InChI=1S/C21H24FN3O/c1-14-12-18(15(2)25(14)16-8-4-3-5-9-16)21(26)24-20(13-23)17-10-6-7-11-19(17)22/h6-7,10-12,16,20H,3-5,8-9H2,1-2H3,(H,24,26). The van der Waals surface area contributed by atoms with Crippen LogP contribution >= 0.6 is 0 Å². The molecule has 1 aromatic heterocycles. The van der Waals surface area contributed by atoms with Gasteiger partial charge in [0, 0.05) is 23.0 Å². The molecule has 26 heavy (non-hydrogen) atoms. The van der Waals surface area contributed by atoms with Crippen molar-refractivity contribution in [2.24, 2.45) is 0 Å². The summed E-state index contributed by atoms with van der Waals surface area (Å²) in [5.41, 5.74) is 2.71. The molecule has 1 unspecified atom stereocenters. The first-order valence-electron chi connectivity index (χ1n) is 9.16. The second-order valence-electron chi connectivity index (χ2n) is 7.00. The topological polar surface area (TPSA) is 57.8 Å². The highest BCUT2D eigenvalue weighted by Gasteiger charge is 2.24. The van der Waals surface area contributed by atoms with Crippen molar-refractivity contribution in [2.75, 3.05) is 0 Å².